The maximum Gasteiger partial charge on any atom is 0.244 e. The van der Waals surface area contributed by atoms with Crippen LogP contribution >= 0.6 is 11.6 Å². The van der Waals surface area contributed by atoms with Gasteiger partial charge in [0.05, 0.1) is 16.7 Å². The van der Waals surface area contributed by atoms with E-state index in [2.05, 4.69) is 0 Å². The van der Waals surface area contributed by atoms with Crippen LogP contribution in [0.4, 0.5) is 0 Å². The third kappa shape index (κ3) is 2.32. The molecule has 2 fully saturated rings. The first kappa shape index (κ1) is 13.9. The van der Waals surface area contributed by atoms with Gasteiger partial charge in [-0.3, -0.25) is 0 Å². The molecule has 106 valence electrons. The van der Waals surface area contributed by atoms with Gasteiger partial charge in [0.15, 0.2) is 0 Å². The normalized spacial score (nSPS) is 26.4. The van der Waals surface area contributed by atoms with Crippen molar-refractivity contribution in [3.8, 4) is 6.07 Å². The topological polar surface area (TPSA) is 61.2 Å². The van der Waals surface area contributed by atoms with Gasteiger partial charge >= 0.3 is 0 Å². The Bertz CT molecular complexity index is 669. The minimum absolute atomic E-state index is 0.111. The number of hydrogen-bond acceptors (Lipinski definition) is 3. The molecule has 3 rings (SSSR count). The summed E-state index contributed by atoms with van der Waals surface area (Å²) in [6.45, 7) is 1.18. The van der Waals surface area contributed by atoms with Crippen LogP contribution < -0.4 is 0 Å². The number of piperidine rings is 1. The van der Waals surface area contributed by atoms with Crippen LogP contribution in [0.5, 0.6) is 0 Å². The van der Waals surface area contributed by atoms with Gasteiger partial charge in [-0.15, -0.1) is 0 Å². The summed E-state index contributed by atoms with van der Waals surface area (Å²) in [4.78, 5) is 0.111. The van der Waals surface area contributed by atoms with Crippen LogP contribution in [0.3, 0.4) is 0 Å². The predicted octanol–water partition coefficient (Wildman–Crippen LogP) is 2.63. The van der Waals surface area contributed by atoms with Crippen molar-refractivity contribution < 1.29 is 8.42 Å². The van der Waals surface area contributed by atoms with Crippen molar-refractivity contribution in [1.82, 2.24) is 4.31 Å². The number of sulfonamides is 1. The van der Waals surface area contributed by atoms with E-state index in [-0.39, 0.29) is 9.92 Å². The third-order valence-electron chi connectivity index (χ3n) is 4.25. The van der Waals surface area contributed by atoms with Crippen molar-refractivity contribution in [2.75, 3.05) is 13.1 Å². The highest BCUT2D eigenvalue weighted by Crippen LogP contribution is 2.39. The SMILES string of the molecule is N#Cc1ccc(S(=O)(=O)N2C[C@@H]3CC[C@@H](C3)C2)c(Cl)c1. The van der Waals surface area contributed by atoms with E-state index in [9.17, 15) is 8.42 Å². The van der Waals surface area contributed by atoms with E-state index < -0.39 is 10.0 Å². The average molecular weight is 311 g/mol. The lowest BCUT2D eigenvalue weighted by Crippen LogP contribution is -2.40. The van der Waals surface area contributed by atoms with Crippen molar-refractivity contribution in [3.63, 3.8) is 0 Å². The molecule has 1 saturated heterocycles. The Morgan fingerprint density at radius 1 is 1.25 bits per heavy atom. The molecule has 1 aromatic rings. The summed E-state index contributed by atoms with van der Waals surface area (Å²) >= 11 is 6.04. The van der Waals surface area contributed by atoms with Gasteiger partial charge in [-0.2, -0.15) is 9.57 Å². The molecule has 1 aromatic carbocycles. The van der Waals surface area contributed by atoms with Crippen molar-refractivity contribution in [1.29, 1.82) is 5.26 Å². The number of rotatable bonds is 2. The quantitative estimate of drug-likeness (QED) is 0.843. The highest BCUT2D eigenvalue weighted by molar-refractivity contribution is 7.89. The van der Waals surface area contributed by atoms with Gasteiger partial charge in [0.25, 0.3) is 0 Å². The van der Waals surface area contributed by atoms with Gasteiger partial charge in [0.2, 0.25) is 10.0 Å². The zero-order valence-corrected chi connectivity index (χ0v) is 12.5. The molecule has 20 heavy (non-hydrogen) atoms. The van der Waals surface area contributed by atoms with Crippen LogP contribution in [0.25, 0.3) is 0 Å². The Kier molecular flexibility index (Phi) is 3.49. The van der Waals surface area contributed by atoms with E-state index in [0.717, 1.165) is 19.3 Å². The van der Waals surface area contributed by atoms with Crippen LogP contribution in [-0.2, 0) is 10.0 Å². The van der Waals surface area contributed by atoms with Crippen molar-refractivity contribution in [3.05, 3.63) is 28.8 Å². The molecular weight excluding hydrogens is 296 g/mol. The van der Waals surface area contributed by atoms with Gasteiger partial charge < -0.3 is 0 Å². The van der Waals surface area contributed by atoms with Crippen LogP contribution in [0.15, 0.2) is 23.1 Å². The van der Waals surface area contributed by atoms with E-state index in [1.54, 1.807) is 4.31 Å². The molecule has 2 bridgehead atoms. The number of benzene rings is 1. The number of fused-ring (bicyclic) bond motifs is 2. The lowest BCUT2D eigenvalue weighted by molar-refractivity contribution is 0.261. The minimum atomic E-state index is -3.55. The van der Waals surface area contributed by atoms with Crippen LogP contribution in [0, 0.1) is 23.2 Å². The molecule has 0 aromatic heterocycles. The Labute approximate surface area is 124 Å². The molecule has 0 N–H and O–H groups in total. The maximum atomic E-state index is 12.7. The molecule has 1 aliphatic carbocycles. The summed E-state index contributed by atoms with van der Waals surface area (Å²) in [6, 6.07) is 6.30. The molecule has 0 radical (unpaired) electrons. The fourth-order valence-corrected chi connectivity index (χ4v) is 5.39. The molecule has 6 heteroatoms. The van der Waals surface area contributed by atoms with Gasteiger partial charge in [0, 0.05) is 13.1 Å². The first-order chi connectivity index (χ1) is 9.50. The van der Waals surface area contributed by atoms with Crippen LogP contribution in [-0.4, -0.2) is 25.8 Å². The molecule has 2 aliphatic rings. The molecule has 2 atom stereocenters. The van der Waals surface area contributed by atoms with Gasteiger partial charge in [-0.25, -0.2) is 8.42 Å². The van der Waals surface area contributed by atoms with E-state index >= 15 is 0 Å². The second kappa shape index (κ2) is 5.03. The van der Waals surface area contributed by atoms with Crippen LogP contribution in [0.2, 0.25) is 5.02 Å². The number of halogens is 1. The molecule has 4 nitrogen and oxygen atoms in total. The van der Waals surface area contributed by atoms with Crippen molar-refractivity contribution in [2.45, 2.75) is 24.2 Å². The van der Waals surface area contributed by atoms with Gasteiger partial charge in [-0.1, -0.05) is 11.6 Å². The van der Waals surface area contributed by atoms with Crippen molar-refractivity contribution in [2.24, 2.45) is 11.8 Å². The smallest absolute Gasteiger partial charge is 0.207 e. The number of hydrogen-bond donors (Lipinski definition) is 0. The largest absolute Gasteiger partial charge is 0.244 e. The first-order valence-electron chi connectivity index (χ1n) is 6.70. The zero-order valence-electron chi connectivity index (χ0n) is 10.9. The first-order valence-corrected chi connectivity index (χ1v) is 8.52. The second-order valence-electron chi connectivity index (χ2n) is 5.62. The van der Waals surface area contributed by atoms with Crippen LogP contribution in [0.1, 0.15) is 24.8 Å². The Morgan fingerprint density at radius 3 is 2.45 bits per heavy atom. The average Bonchev–Trinajstić information content (AvgIpc) is 2.76. The number of nitrogens with zero attached hydrogens (tertiary/aromatic N) is 2. The number of nitriles is 1. The zero-order chi connectivity index (χ0) is 14.3. The Hall–Kier alpha value is -1.09. The molecule has 1 heterocycles. The fraction of sp³-hybridized carbons (Fsp3) is 0.500. The predicted molar refractivity (Wildman–Crippen MR) is 75.8 cm³/mol. The highest BCUT2D eigenvalue weighted by atomic mass is 35.5. The summed E-state index contributed by atoms with van der Waals surface area (Å²) in [5.41, 5.74) is 0.368. The minimum Gasteiger partial charge on any atom is -0.207 e. The molecule has 0 spiro atoms. The van der Waals surface area contributed by atoms with E-state index in [4.69, 9.17) is 16.9 Å². The summed E-state index contributed by atoms with van der Waals surface area (Å²) in [5, 5.41) is 8.94. The second-order valence-corrected chi connectivity index (χ2v) is 7.94. The summed E-state index contributed by atoms with van der Waals surface area (Å²) in [6.07, 6.45) is 3.39. The summed E-state index contributed by atoms with van der Waals surface area (Å²) in [7, 11) is -3.55. The van der Waals surface area contributed by atoms with Gasteiger partial charge in [0.1, 0.15) is 4.90 Å². The van der Waals surface area contributed by atoms with Crippen molar-refractivity contribution >= 4 is 21.6 Å². The van der Waals surface area contributed by atoms with E-state index in [1.807, 2.05) is 6.07 Å². The molecule has 0 amide bonds. The molecule has 0 unspecified atom stereocenters. The van der Waals surface area contributed by atoms with E-state index in [0.29, 0.717) is 30.5 Å². The standard InChI is InChI=1S/C14H15ClN2O2S/c15-13-6-10(7-16)3-4-14(13)20(18,19)17-8-11-1-2-12(5-11)9-17/h3-4,6,11-12H,1-2,5,8-9H2/t11-,12+. The fourth-order valence-electron chi connectivity index (χ4n) is 3.28. The monoisotopic (exact) mass is 310 g/mol. The lowest BCUT2D eigenvalue weighted by atomic mass is 10.0. The highest BCUT2D eigenvalue weighted by Gasteiger charge is 2.39. The Morgan fingerprint density at radius 2 is 1.90 bits per heavy atom. The van der Waals surface area contributed by atoms with E-state index in [1.165, 1.54) is 18.2 Å². The summed E-state index contributed by atoms with van der Waals surface area (Å²) in [5.74, 6) is 0.973. The maximum absolute atomic E-state index is 12.7. The third-order valence-corrected chi connectivity index (χ3v) is 6.57. The molecule has 1 aliphatic heterocycles. The van der Waals surface area contributed by atoms with Gasteiger partial charge in [-0.05, 0) is 49.3 Å². The lowest BCUT2D eigenvalue weighted by Gasteiger charge is -2.31. The molecular formula is C14H15ClN2O2S. The summed E-state index contributed by atoms with van der Waals surface area (Å²) < 4.78 is 26.9. The molecule has 1 saturated carbocycles. The Balaban J connectivity index is 1.94.